The summed E-state index contributed by atoms with van der Waals surface area (Å²) in [6.45, 7) is 10.6. The van der Waals surface area contributed by atoms with E-state index in [1.54, 1.807) is 5.56 Å². The van der Waals surface area contributed by atoms with Gasteiger partial charge in [-0.3, -0.25) is 0 Å². The highest BCUT2D eigenvalue weighted by molar-refractivity contribution is 5.28. The quantitative estimate of drug-likeness (QED) is 0.802. The Kier molecular flexibility index (Phi) is 5.48. The maximum absolute atomic E-state index is 3.41. The van der Waals surface area contributed by atoms with Crippen LogP contribution in [0.1, 0.15) is 64.0 Å². The van der Waals surface area contributed by atoms with Crippen LogP contribution in [0.3, 0.4) is 0 Å². The Morgan fingerprint density at radius 1 is 1.29 bits per heavy atom. The minimum Gasteiger partial charge on any atom is -0.319 e. The number of hydrogen-bond donors (Lipinski definition) is 1. The van der Waals surface area contributed by atoms with Crippen LogP contribution in [0.2, 0.25) is 0 Å². The molecule has 1 saturated carbocycles. The summed E-state index contributed by atoms with van der Waals surface area (Å²) >= 11 is 0. The van der Waals surface area contributed by atoms with Gasteiger partial charge >= 0.3 is 0 Å². The maximum Gasteiger partial charge on any atom is -0.00177 e. The Balaban J connectivity index is 2.22. The van der Waals surface area contributed by atoms with Crippen LogP contribution in [0.4, 0.5) is 0 Å². The Morgan fingerprint density at radius 2 is 2.05 bits per heavy atom. The van der Waals surface area contributed by atoms with Crippen LogP contribution < -0.4 is 5.32 Å². The molecular weight excluding hydrogens is 254 g/mol. The molecule has 0 aliphatic heterocycles. The zero-order chi connectivity index (χ0) is 15.5. The summed E-state index contributed by atoms with van der Waals surface area (Å²) in [4.78, 5) is 0. The van der Waals surface area contributed by atoms with Crippen molar-refractivity contribution in [3.63, 3.8) is 0 Å². The standard InChI is InChI=1S/C20H33N/c1-15(2)11-16-7-6-8-17(12-16)19-13-20(3,4)10-9-18(19)14-21-5/h6-8,12,15,18-19,21H,9-11,13-14H2,1-5H3. The largest absolute Gasteiger partial charge is 0.319 e. The second-order valence-electron chi connectivity index (χ2n) is 8.17. The van der Waals surface area contributed by atoms with Crippen molar-refractivity contribution >= 4 is 0 Å². The SMILES string of the molecule is CNCC1CCC(C)(C)CC1c1cccc(CC(C)C)c1. The molecule has 1 aliphatic carbocycles. The lowest BCUT2D eigenvalue weighted by atomic mass is 9.65. The van der Waals surface area contributed by atoms with Crippen molar-refractivity contribution in [2.45, 2.75) is 59.3 Å². The highest BCUT2D eigenvalue weighted by Crippen LogP contribution is 2.46. The molecule has 0 bridgehead atoms. The third kappa shape index (κ3) is 4.57. The van der Waals surface area contributed by atoms with Gasteiger partial charge in [0.2, 0.25) is 0 Å². The average Bonchev–Trinajstić information content (AvgIpc) is 2.40. The number of rotatable bonds is 5. The summed E-state index contributed by atoms with van der Waals surface area (Å²) in [5.41, 5.74) is 3.57. The van der Waals surface area contributed by atoms with Crippen molar-refractivity contribution in [2.24, 2.45) is 17.3 Å². The lowest BCUT2D eigenvalue weighted by Gasteiger charge is -2.41. The minimum atomic E-state index is 0.489. The van der Waals surface area contributed by atoms with Gasteiger partial charge in [-0.05, 0) is 73.6 Å². The van der Waals surface area contributed by atoms with E-state index in [-0.39, 0.29) is 0 Å². The van der Waals surface area contributed by atoms with Crippen molar-refractivity contribution in [2.75, 3.05) is 13.6 Å². The first kappa shape index (κ1) is 16.5. The van der Waals surface area contributed by atoms with Gasteiger partial charge in [0, 0.05) is 0 Å². The normalized spacial score (nSPS) is 25.2. The first-order valence-corrected chi connectivity index (χ1v) is 8.65. The molecule has 1 aliphatic rings. The first-order chi connectivity index (χ1) is 9.91. The Morgan fingerprint density at radius 3 is 2.71 bits per heavy atom. The second-order valence-corrected chi connectivity index (χ2v) is 8.17. The van der Waals surface area contributed by atoms with Gasteiger partial charge in [-0.2, -0.15) is 0 Å². The van der Waals surface area contributed by atoms with E-state index >= 15 is 0 Å². The highest BCUT2D eigenvalue weighted by Gasteiger charge is 2.35. The van der Waals surface area contributed by atoms with Crippen molar-refractivity contribution < 1.29 is 0 Å². The van der Waals surface area contributed by atoms with E-state index in [1.165, 1.54) is 31.2 Å². The van der Waals surface area contributed by atoms with E-state index in [9.17, 15) is 0 Å². The van der Waals surface area contributed by atoms with Crippen LogP contribution >= 0.6 is 0 Å². The monoisotopic (exact) mass is 287 g/mol. The molecule has 0 aromatic heterocycles. The Bertz CT molecular complexity index is 447. The van der Waals surface area contributed by atoms with E-state index in [0.717, 1.165) is 18.4 Å². The minimum absolute atomic E-state index is 0.489. The van der Waals surface area contributed by atoms with Crippen molar-refractivity contribution in [1.29, 1.82) is 0 Å². The molecule has 1 aromatic rings. The fourth-order valence-corrected chi connectivity index (χ4v) is 3.96. The van der Waals surface area contributed by atoms with E-state index in [4.69, 9.17) is 0 Å². The van der Waals surface area contributed by atoms with E-state index in [0.29, 0.717) is 11.3 Å². The number of benzene rings is 1. The summed E-state index contributed by atoms with van der Waals surface area (Å²) in [6, 6.07) is 9.41. The topological polar surface area (TPSA) is 12.0 Å². The molecule has 1 aromatic carbocycles. The molecule has 1 N–H and O–H groups in total. The van der Waals surface area contributed by atoms with Gasteiger partial charge < -0.3 is 5.32 Å². The molecule has 0 saturated heterocycles. The fraction of sp³-hybridized carbons (Fsp3) is 0.700. The predicted molar refractivity (Wildman–Crippen MR) is 92.8 cm³/mol. The van der Waals surface area contributed by atoms with E-state index in [1.807, 2.05) is 0 Å². The zero-order valence-corrected chi connectivity index (χ0v) is 14.6. The number of hydrogen-bond acceptors (Lipinski definition) is 1. The first-order valence-electron chi connectivity index (χ1n) is 8.65. The Hall–Kier alpha value is -0.820. The molecule has 21 heavy (non-hydrogen) atoms. The fourth-order valence-electron chi connectivity index (χ4n) is 3.96. The van der Waals surface area contributed by atoms with Crippen LogP contribution in [-0.2, 0) is 6.42 Å². The molecule has 118 valence electrons. The molecule has 2 atom stereocenters. The summed E-state index contributed by atoms with van der Waals surface area (Å²) < 4.78 is 0. The van der Waals surface area contributed by atoms with Crippen LogP contribution in [0.15, 0.2) is 24.3 Å². The van der Waals surface area contributed by atoms with E-state index < -0.39 is 0 Å². The van der Waals surface area contributed by atoms with Gasteiger partial charge in [0.1, 0.15) is 0 Å². The van der Waals surface area contributed by atoms with E-state index in [2.05, 4.69) is 64.3 Å². The average molecular weight is 287 g/mol. The lowest BCUT2D eigenvalue weighted by Crippen LogP contribution is -2.33. The molecule has 1 fully saturated rings. The van der Waals surface area contributed by atoms with Gasteiger partial charge in [-0.25, -0.2) is 0 Å². The maximum atomic E-state index is 3.41. The molecular formula is C20H33N. The van der Waals surface area contributed by atoms with Crippen molar-refractivity contribution in [1.82, 2.24) is 5.32 Å². The molecule has 0 heterocycles. The third-order valence-corrected chi connectivity index (χ3v) is 5.02. The van der Waals surface area contributed by atoms with Gasteiger partial charge in [0.05, 0.1) is 0 Å². The summed E-state index contributed by atoms with van der Waals surface area (Å²) in [6.07, 6.45) is 5.24. The van der Waals surface area contributed by atoms with Crippen LogP contribution in [0.25, 0.3) is 0 Å². The predicted octanol–water partition coefficient (Wildman–Crippen LogP) is 5.01. The smallest absolute Gasteiger partial charge is 0.00177 e. The second kappa shape index (κ2) is 6.96. The van der Waals surface area contributed by atoms with Gasteiger partial charge in [-0.1, -0.05) is 52.0 Å². The van der Waals surface area contributed by atoms with Crippen LogP contribution in [0, 0.1) is 17.3 Å². The summed E-state index contributed by atoms with van der Waals surface area (Å²) in [7, 11) is 2.09. The molecule has 1 heteroatoms. The number of nitrogens with one attached hydrogen (secondary N) is 1. The molecule has 0 amide bonds. The summed E-state index contributed by atoms with van der Waals surface area (Å²) in [5.74, 6) is 2.24. The molecule has 2 unspecified atom stereocenters. The Labute approximate surface area is 131 Å². The summed E-state index contributed by atoms with van der Waals surface area (Å²) in [5, 5.41) is 3.41. The van der Waals surface area contributed by atoms with Gasteiger partial charge in [0.15, 0.2) is 0 Å². The molecule has 2 rings (SSSR count). The van der Waals surface area contributed by atoms with Crippen LogP contribution in [0.5, 0.6) is 0 Å². The van der Waals surface area contributed by atoms with Crippen molar-refractivity contribution in [3.8, 4) is 0 Å². The third-order valence-electron chi connectivity index (χ3n) is 5.02. The van der Waals surface area contributed by atoms with Gasteiger partial charge in [-0.15, -0.1) is 0 Å². The van der Waals surface area contributed by atoms with Crippen LogP contribution in [-0.4, -0.2) is 13.6 Å². The molecule has 0 spiro atoms. The lowest BCUT2D eigenvalue weighted by molar-refractivity contribution is 0.161. The molecule has 0 radical (unpaired) electrons. The van der Waals surface area contributed by atoms with Gasteiger partial charge in [0.25, 0.3) is 0 Å². The van der Waals surface area contributed by atoms with Crippen molar-refractivity contribution in [3.05, 3.63) is 35.4 Å². The zero-order valence-electron chi connectivity index (χ0n) is 14.6. The highest BCUT2D eigenvalue weighted by atomic mass is 14.8. The molecule has 1 nitrogen and oxygen atoms in total.